The van der Waals surface area contributed by atoms with Crippen molar-refractivity contribution in [3.05, 3.63) is 11.5 Å². The average molecular weight is 262 g/mol. The summed E-state index contributed by atoms with van der Waals surface area (Å²) < 4.78 is 15.5. The molecule has 0 saturated carbocycles. The third kappa shape index (κ3) is 5.67. The van der Waals surface area contributed by atoms with Gasteiger partial charge in [0, 0.05) is 20.1 Å². The summed E-state index contributed by atoms with van der Waals surface area (Å²) in [7, 11) is 1.63. The molecule has 0 aliphatic carbocycles. The Morgan fingerprint density at radius 2 is 2.12 bits per heavy atom. The number of hydrogen-bond donors (Lipinski definition) is 1. The van der Waals surface area contributed by atoms with E-state index in [1.807, 2.05) is 0 Å². The maximum atomic E-state index is 5.62. The highest BCUT2D eigenvalue weighted by molar-refractivity contribution is 6.28. The van der Waals surface area contributed by atoms with Gasteiger partial charge in [-0.15, -0.1) is 0 Å². The summed E-state index contributed by atoms with van der Waals surface area (Å²) >= 11 is 5.62. The molecule has 96 valence electrons. The molecule has 1 aromatic rings. The van der Waals surface area contributed by atoms with Crippen molar-refractivity contribution in [2.75, 3.05) is 39.3 Å². The summed E-state index contributed by atoms with van der Waals surface area (Å²) in [4.78, 5) is 7.59. The smallest absolute Gasteiger partial charge is 0.241 e. The van der Waals surface area contributed by atoms with Crippen molar-refractivity contribution < 1.29 is 14.2 Å². The first kappa shape index (κ1) is 14.0. The zero-order chi connectivity index (χ0) is 12.5. The maximum Gasteiger partial charge on any atom is 0.241 e. The van der Waals surface area contributed by atoms with Crippen LogP contribution in [-0.4, -0.2) is 43.5 Å². The fourth-order valence-electron chi connectivity index (χ4n) is 1.04. The second-order valence-electron chi connectivity index (χ2n) is 3.21. The Balaban J connectivity index is 2.15. The molecule has 0 amide bonds. The molecule has 0 radical (unpaired) electrons. The highest BCUT2D eigenvalue weighted by atomic mass is 35.5. The normalized spacial score (nSPS) is 10.5. The zero-order valence-corrected chi connectivity index (χ0v) is 10.4. The topological polar surface area (TPSA) is 79.5 Å². The van der Waals surface area contributed by atoms with Gasteiger partial charge < -0.3 is 19.9 Å². The van der Waals surface area contributed by atoms with Crippen molar-refractivity contribution in [2.24, 2.45) is 0 Å². The molecule has 1 rings (SSSR count). The first-order valence-corrected chi connectivity index (χ1v) is 5.59. The van der Waals surface area contributed by atoms with E-state index >= 15 is 0 Å². The van der Waals surface area contributed by atoms with Crippen molar-refractivity contribution in [1.82, 2.24) is 9.97 Å². The predicted octanol–water partition coefficient (Wildman–Crippen LogP) is 1.14. The van der Waals surface area contributed by atoms with E-state index in [4.69, 9.17) is 31.5 Å². The van der Waals surface area contributed by atoms with Gasteiger partial charge in [-0.25, -0.2) is 4.98 Å². The quantitative estimate of drug-likeness (QED) is 0.558. The van der Waals surface area contributed by atoms with E-state index in [9.17, 15) is 0 Å². The highest BCUT2D eigenvalue weighted by Gasteiger charge is 2.03. The first-order valence-electron chi connectivity index (χ1n) is 5.21. The Morgan fingerprint density at radius 3 is 2.88 bits per heavy atom. The van der Waals surface area contributed by atoms with Crippen LogP contribution in [0.2, 0.25) is 5.28 Å². The van der Waals surface area contributed by atoms with Gasteiger partial charge in [-0.05, 0) is 11.6 Å². The van der Waals surface area contributed by atoms with Gasteiger partial charge in [0.1, 0.15) is 5.69 Å². The van der Waals surface area contributed by atoms with Crippen molar-refractivity contribution in [2.45, 2.75) is 6.42 Å². The molecule has 7 heteroatoms. The molecule has 0 spiro atoms. The number of rotatable bonds is 8. The fourth-order valence-corrected chi connectivity index (χ4v) is 1.17. The second kappa shape index (κ2) is 8.05. The Hall–Kier alpha value is -1.11. The number of nitrogens with two attached hydrogens (primary N) is 1. The summed E-state index contributed by atoms with van der Waals surface area (Å²) in [5.41, 5.74) is 5.98. The summed E-state index contributed by atoms with van der Waals surface area (Å²) in [6.07, 6.45) is 2.16. The lowest BCUT2D eigenvalue weighted by Crippen LogP contribution is -2.08. The van der Waals surface area contributed by atoms with E-state index in [-0.39, 0.29) is 5.28 Å². The molecule has 0 fully saturated rings. The molecule has 17 heavy (non-hydrogen) atoms. The molecule has 6 nitrogen and oxygen atoms in total. The van der Waals surface area contributed by atoms with Gasteiger partial charge in [0.15, 0.2) is 0 Å². The lowest BCUT2D eigenvalue weighted by molar-refractivity contribution is 0.0642. The van der Waals surface area contributed by atoms with Crippen LogP contribution in [0.4, 0.5) is 5.69 Å². The summed E-state index contributed by atoms with van der Waals surface area (Å²) in [6, 6.07) is 0. The molecule has 0 bridgehead atoms. The van der Waals surface area contributed by atoms with Crippen LogP contribution in [-0.2, 0) is 9.47 Å². The SMILES string of the molecule is COCCOCCCOc1nc(Cl)ncc1N. The molecule has 0 unspecified atom stereocenters. The Bertz CT molecular complexity index is 339. The number of anilines is 1. The minimum Gasteiger partial charge on any atom is -0.476 e. The van der Waals surface area contributed by atoms with Crippen LogP contribution >= 0.6 is 11.6 Å². The number of nitrogens with zero attached hydrogens (tertiary/aromatic N) is 2. The number of ether oxygens (including phenoxy) is 3. The second-order valence-corrected chi connectivity index (χ2v) is 3.54. The van der Waals surface area contributed by atoms with Crippen molar-refractivity contribution in [3.63, 3.8) is 0 Å². The van der Waals surface area contributed by atoms with Gasteiger partial charge in [0.05, 0.1) is 26.0 Å². The Labute approximate surface area is 105 Å². The third-order valence-electron chi connectivity index (χ3n) is 1.85. The Morgan fingerprint density at radius 1 is 1.29 bits per heavy atom. The molecule has 2 N–H and O–H groups in total. The molecule has 1 aromatic heterocycles. The molecule has 0 aliphatic heterocycles. The van der Waals surface area contributed by atoms with Gasteiger partial charge in [-0.2, -0.15) is 4.98 Å². The van der Waals surface area contributed by atoms with Crippen LogP contribution in [0.5, 0.6) is 5.88 Å². The van der Waals surface area contributed by atoms with Crippen LogP contribution in [0.25, 0.3) is 0 Å². The van der Waals surface area contributed by atoms with Crippen LogP contribution in [0.15, 0.2) is 6.20 Å². The standard InChI is InChI=1S/C10H16ClN3O3/c1-15-5-6-16-3-2-4-17-9-8(12)7-13-10(11)14-9/h7H,2-6,12H2,1H3. The van der Waals surface area contributed by atoms with Gasteiger partial charge in [0.25, 0.3) is 0 Å². The zero-order valence-electron chi connectivity index (χ0n) is 9.69. The van der Waals surface area contributed by atoms with E-state index in [1.54, 1.807) is 7.11 Å². The van der Waals surface area contributed by atoms with Crippen LogP contribution in [0, 0.1) is 0 Å². The molecule has 0 saturated heterocycles. The van der Waals surface area contributed by atoms with Crippen molar-refractivity contribution in [1.29, 1.82) is 0 Å². The summed E-state index contributed by atoms with van der Waals surface area (Å²) in [5.74, 6) is 0.307. The molecular formula is C10H16ClN3O3. The van der Waals surface area contributed by atoms with Gasteiger partial charge in [-0.3, -0.25) is 0 Å². The van der Waals surface area contributed by atoms with Crippen molar-refractivity contribution in [3.8, 4) is 5.88 Å². The third-order valence-corrected chi connectivity index (χ3v) is 2.04. The number of aromatic nitrogens is 2. The number of halogens is 1. The largest absolute Gasteiger partial charge is 0.476 e. The predicted molar refractivity (Wildman–Crippen MR) is 64.3 cm³/mol. The van der Waals surface area contributed by atoms with E-state index in [2.05, 4.69) is 9.97 Å². The van der Waals surface area contributed by atoms with E-state index in [0.29, 0.717) is 38.0 Å². The molecule has 0 aromatic carbocycles. The number of hydrogen-bond acceptors (Lipinski definition) is 6. The summed E-state index contributed by atoms with van der Waals surface area (Å²) in [5, 5.41) is 0.116. The van der Waals surface area contributed by atoms with E-state index in [1.165, 1.54) is 6.20 Å². The number of nitrogen functional groups attached to an aromatic ring is 1. The molecular weight excluding hydrogens is 246 g/mol. The summed E-state index contributed by atoms with van der Waals surface area (Å²) in [6.45, 7) is 2.24. The fraction of sp³-hybridized carbons (Fsp3) is 0.600. The minimum atomic E-state index is 0.116. The monoisotopic (exact) mass is 261 g/mol. The van der Waals surface area contributed by atoms with Crippen molar-refractivity contribution >= 4 is 17.3 Å². The highest BCUT2D eigenvalue weighted by Crippen LogP contribution is 2.18. The molecule has 0 atom stereocenters. The lowest BCUT2D eigenvalue weighted by Gasteiger charge is -2.07. The van der Waals surface area contributed by atoms with Gasteiger partial charge >= 0.3 is 0 Å². The lowest BCUT2D eigenvalue weighted by atomic mass is 10.5. The first-order chi connectivity index (χ1) is 8.24. The average Bonchev–Trinajstić information content (AvgIpc) is 2.32. The van der Waals surface area contributed by atoms with Crippen LogP contribution < -0.4 is 10.5 Å². The number of methoxy groups -OCH3 is 1. The minimum absolute atomic E-state index is 0.116. The maximum absolute atomic E-state index is 5.62. The van der Waals surface area contributed by atoms with Crippen LogP contribution in [0.1, 0.15) is 6.42 Å². The van der Waals surface area contributed by atoms with Gasteiger partial charge in [-0.1, -0.05) is 0 Å². The van der Waals surface area contributed by atoms with E-state index in [0.717, 1.165) is 6.42 Å². The molecule has 0 aliphatic rings. The van der Waals surface area contributed by atoms with Crippen LogP contribution in [0.3, 0.4) is 0 Å². The van der Waals surface area contributed by atoms with E-state index < -0.39 is 0 Å². The Kier molecular flexibility index (Phi) is 6.61. The molecule has 1 heterocycles. The van der Waals surface area contributed by atoms with Gasteiger partial charge in [0.2, 0.25) is 11.2 Å².